The molecule has 8 nitrogen and oxygen atoms in total. The lowest BCUT2D eigenvalue weighted by molar-refractivity contribution is -0.122. The van der Waals surface area contributed by atoms with Crippen LogP contribution in [0.4, 0.5) is 0 Å². The van der Waals surface area contributed by atoms with Gasteiger partial charge in [-0.15, -0.1) is 22.8 Å². The molecule has 0 aliphatic rings. The van der Waals surface area contributed by atoms with Gasteiger partial charge < -0.3 is 26.3 Å². The van der Waals surface area contributed by atoms with Gasteiger partial charge in [0.2, 0.25) is 5.91 Å². The summed E-state index contributed by atoms with van der Waals surface area (Å²) in [5.74, 6) is 1.14. The molecule has 0 spiro atoms. The highest BCUT2D eigenvalue weighted by Gasteiger charge is 2.19. The third-order valence-electron chi connectivity index (χ3n) is 4.35. The molecule has 0 saturated heterocycles. The zero-order chi connectivity index (χ0) is 23.3. The molecule has 0 bridgehead atoms. The minimum Gasteiger partial charge on any atom is -0.386 e. The molecule has 0 radical (unpaired) electrons. The van der Waals surface area contributed by atoms with Gasteiger partial charge in [0.05, 0.1) is 13.2 Å². The average molecular weight is 452 g/mol. The van der Waals surface area contributed by atoms with Crippen LogP contribution in [0.15, 0.2) is 34.5 Å². The minimum absolute atomic E-state index is 0.0697. The molecule has 0 aliphatic heterocycles. The first-order valence-corrected chi connectivity index (χ1v) is 11.0. The minimum atomic E-state index is -0.521. The number of rotatable bonds is 14. The molecule has 1 atom stereocenters. The van der Waals surface area contributed by atoms with Crippen LogP contribution in [-0.2, 0) is 20.8 Å². The van der Waals surface area contributed by atoms with E-state index in [2.05, 4.69) is 42.0 Å². The van der Waals surface area contributed by atoms with Gasteiger partial charge in [-0.05, 0) is 31.7 Å². The number of benzene rings is 1. The maximum absolute atomic E-state index is 12.0. The monoisotopic (exact) mass is 451 g/mol. The lowest BCUT2D eigenvalue weighted by Crippen LogP contribution is -2.26. The maximum Gasteiger partial charge on any atom is 0.222 e. The molecule has 0 heterocycles. The summed E-state index contributed by atoms with van der Waals surface area (Å²) in [6.45, 7) is 9.85. The van der Waals surface area contributed by atoms with Crippen molar-refractivity contribution in [2.24, 2.45) is 27.6 Å². The van der Waals surface area contributed by atoms with Crippen LogP contribution in [0.1, 0.15) is 58.1 Å². The summed E-state index contributed by atoms with van der Waals surface area (Å²) in [5, 5.41) is 10.5. The van der Waals surface area contributed by atoms with Crippen molar-refractivity contribution in [1.29, 1.82) is 0 Å². The number of nitrogens with one attached hydrogen (secondary N) is 1. The second-order valence-electron chi connectivity index (χ2n) is 8.02. The van der Waals surface area contributed by atoms with Gasteiger partial charge in [-0.25, -0.2) is 0 Å². The molecule has 1 rings (SSSR count). The van der Waals surface area contributed by atoms with Gasteiger partial charge in [-0.1, -0.05) is 38.1 Å². The first kappa shape index (κ1) is 26.9. The van der Waals surface area contributed by atoms with E-state index < -0.39 is 4.93 Å². The summed E-state index contributed by atoms with van der Waals surface area (Å²) in [6.07, 6.45) is 1.96. The van der Waals surface area contributed by atoms with Crippen LogP contribution in [0.5, 0.6) is 0 Å². The molecule has 1 aromatic rings. The van der Waals surface area contributed by atoms with E-state index in [9.17, 15) is 4.79 Å². The van der Waals surface area contributed by atoms with E-state index in [1.54, 1.807) is 6.92 Å². The zero-order valence-corrected chi connectivity index (χ0v) is 20.0. The Labute approximate surface area is 191 Å². The summed E-state index contributed by atoms with van der Waals surface area (Å²) in [4.78, 5) is 11.5. The van der Waals surface area contributed by atoms with Gasteiger partial charge in [-0.3, -0.25) is 4.79 Å². The summed E-state index contributed by atoms with van der Waals surface area (Å²) in [6, 6.07) is 7.39. The summed E-state index contributed by atoms with van der Waals surface area (Å²) in [5.41, 5.74) is 13.0. The van der Waals surface area contributed by atoms with Crippen LogP contribution >= 0.6 is 12.6 Å². The molecule has 1 unspecified atom stereocenters. The molecule has 1 aromatic carbocycles. The molecule has 5 N–H and O–H groups in total. The highest BCUT2D eigenvalue weighted by molar-refractivity contribution is 7.81. The van der Waals surface area contributed by atoms with Gasteiger partial charge in [0, 0.05) is 31.6 Å². The third kappa shape index (κ3) is 13.0. The van der Waals surface area contributed by atoms with Gasteiger partial charge >= 0.3 is 0 Å². The quantitative estimate of drug-likeness (QED) is 0.0864. The fourth-order valence-corrected chi connectivity index (χ4v) is 2.57. The number of nitrogens with zero attached hydrogens (tertiary/aromatic N) is 2. The van der Waals surface area contributed by atoms with Crippen molar-refractivity contribution in [2.45, 2.75) is 58.4 Å². The maximum atomic E-state index is 12.0. The normalized spacial score (nSPS) is 14.5. The Hall–Kier alpha value is -2.10. The van der Waals surface area contributed by atoms with E-state index in [0.717, 1.165) is 17.5 Å². The average Bonchev–Trinajstić information content (AvgIpc) is 2.70. The van der Waals surface area contributed by atoms with Crippen LogP contribution in [0, 0.1) is 5.92 Å². The van der Waals surface area contributed by atoms with E-state index in [-0.39, 0.29) is 11.7 Å². The topological polar surface area (TPSA) is 124 Å². The van der Waals surface area contributed by atoms with E-state index in [1.165, 1.54) is 0 Å². The number of carbonyl (C=O) groups excluding carboxylic acids is 1. The SMILES string of the molecule is C/C(N)=N/N=C(\N)c1ccc(CNC(=O)CCOCCC(C)(S)OCCC(C)C)cc1. The number of hydrogen-bond donors (Lipinski definition) is 4. The number of thiol groups is 1. The molecule has 174 valence electrons. The van der Waals surface area contributed by atoms with Crippen LogP contribution in [-0.4, -0.2) is 42.3 Å². The fraction of sp³-hybridized carbons (Fsp3) is 0.591. The Morgan fingerprint density at radius 2 is 1.84 bits per heavy atom. The highest BCUT2D eigenvalue weighted by atomic mass is 32.1. The molecule has 31 heavy (non-hydrogen) atoms. The van der Waals surface area contributed by atoms with Gasteiger partial charge in [0.1, 0.15) is 10.8 Å². The third-order valence-corrected chi connectivity index (χ3v) is 4.70. The Bertz CT molecular complexity index is 729. The zero-order valence-electron chi connectivity index (χ0n) is 19.1. The smallest absolute Gasteiger partial charge is 0.222 e. The van der Waals surface area contributed by atoms with Crippen molar-refractivity contribution in [2.75, 3.05) is 19.8 Å². The van der Waals surface area contributed by atoms with E-state index in [1.807, 2.05) is 31.2 Å². The van der Waals surface area contributed by atoms with E-state index >= 15 is 0 Å². The predicted octanol–water partition coefficient (Wildman–Crippen LogP) is 2.81. The standard InChI is InChI=1S/C22H37N5O3S/c1-16(2)9-13-30-22(4,31)11-14-29-12-10-20(28)25-15-18-5-7-19(8-6-18)21(24)27-26-17(3)23/h5-8,16,31H,9-15H2,1-4H3,(H2,23,26)(H2,24,27)(H,25,28). The molecular weight excluding hydrogens is 414 g/mol. The van der Waals surface area contributed by atoms with Crippen LogP contribution in [0.2, 0.25) is 0 Å². The van der Waals surface area contributed by atoms with Crippen molar-refractivity contribution in [3.05, 3.63) is 35.4 Å². The van der Waals surface area contributed by atoms with Crippen LogP contribution < -0.4 is 16.8 Å². The van der Waals surface area contributed by atoms with Crippen molar-refractivity contribution >= 4 is 30.2 Å². The number of amides is 1. The lowest BCUT2D eigenvalue weighted by Gasteiger charge is -2.24. The Kier molecular flexibility index (Phi) is 12.2. The van der Waals surface area contributed by atoms with Crippen molar-refractivity contribution in [3.8, 4) is 0 Å². The first-order chi connectivity index (χ1) is 14.6. The van der Waals surface area contributed by atoms with Crippen molar-refractivity contribution in [1.82, 2.24) is 5.32 Å². The Balaban J connectivity index is 2.25. The first-order valence-electron chi connectivity index (χ1n) is 10.5. The van der Waals surface area contributed by atoms with Gasteiger partial charge in [0.25, 0.3) is 0 Å². The largest absolute Gasteiger partial charge is 0.386 e. The molecule has 1 amide bonds. The van der Waals surface area contributed by atoms with E-state index in [4.69, 9.17) is 20.9 Å². The van der Waals surface area contributed by atoms with Gasteiger partial charge in [-0.2, -0.15) is 0 Å². The number of carbonyl (C=O) groups is 1. The predicted molar refractivity (Wildman–Crippen MR) is 129 cm³/mol. The van der Waals surface area contributed by atoms with Crippen LogP contribution in [0.25, 0.3) is 0 Å². The Morgan fingerprint density at radius 3 is 2.45 bits per heavy atom. The summed E-state index contributed by atoms with van der Waals surface area (Å²) >= 11 is 4.54. The molecular formula is C22H37N5O3S. The molecule has 9 heteroatoms. The second-order valence-corrected chi connectivity index (χ2v) is 8.96. The second kappa shape index (κ2) is 14.1. The van der Waals surface area contributed by atoms with Gasteiger partial charge in [0.15, 0.2) is 5.84 Å². The Morgan fingerprint density at radius 1 is 1.16 bits per heavy atom. The number of ether oxygens (including phenoxy) is 2. The molecule has 0 saturated carbocycles. The van der Waals surface area contributed by atoms with Crippen molar-refractivity contribution in [3.63, 3.8) is 0 Å². The number of nitrogens with two attached hydrogens (primary N) is 2. The number of amidine groups is 2. The highest BCUT2D eigenvalue weighted by Crippen LogP contribution is 2.21. The lowest BCUT2D eigenvalue weighted by atomic mass is 10.1. The summed E-state index contributed by atoms with van der Waals surface area (Å²) < 4.78 is 11.3. The van der Waals surface area contributed by atoms with Crippen LogP contribution in [0.3, 0.4) is 0 Å². The number of hydrogen-bond acceptors (Lipinski definition) is 6. The fourth-order valence-electron chi connectivity index (χ4n) is 2.39. The summed E-state index contributed by atoms with van der Waals surface area (Å²) in [7, 11) is 0. The van der Waals surface area contributed by atoms with E-state index in [0.29, 0.717) is 51.0 Å². The van der Waals surface area contributed by atoms with Crippen molar-refractivity contribution < 1.29 is 14.3 Å². The molecule has 0 fully saturated rings. The molecule has 0 aliphatic carbocycles. The molecule has 0 aromatic heterocycles.